The normalized spacial score (nSPS) is 11.2. The molecule has 0 aliphatic heterocycles. The molecule has 3 aromatic rings. The molecule has 0 atom stereocenters. The molecule has 7 heteroatoms. The van der Waals surface area contributed by atoms with Crippen LogP contribution in [0.4, 0.5) is 10.2 Å². The third kappa shape index (κ3) is 2.69. The van der Waals surface area contributed by atoms with Gasteiger partial charge in [0.05, 0.1) is 17.5 Å². The van der Waals surface area contributed by atoms with Crippen LogP contribution in [0.1, 0.15) is 19.8 Å². The number of anilines is 1. The third-order valence-electron chi connectivity index (χ3n) is 3.69. The van der Waals surface area contributed by atoms with Gasteiger partial charge in [-0.1, -0.05) is 19.4 Å². The first-order valence-electron chi connectivity index (χ1n) is 7.46. The summed E-state index contributed by atoms with van der Waals surface area (Å²) in [5, 5.41) is 0.740. The van der Waals surface area contributed by atoms with Gasteiger partial charge in [0.25, 0.3) is 0 Å². The van der Waals surface area contributed by atoms with Crippen molar-refractivity contribution in [2.45, 2.75) is 26.3 Å². The van der Waals surface area contributed by atoms with Crippen LogP contribution in [0.5, 0.6) is 0 Å². The molecule has 0 saturated heterocycles. The molecule has 0 radical (unpaired) electrons. The first kappa shape index (κ1) is 15.2. The van der Waals surface area contributed by atoms with Crippen LogP contribution in [0.3, 0.4) is 0 Å². The van der Waals surface area contributed by atoms with E-state index in [-0.39, 0.29) is 12.4 Å². The van der Waals surface area contributed by atoms with E-state index in [9.17, 15) is 9.18 Å². The Hall–Kier alpha value is -2.70. The molecular formula is C16H17FN4O2. The average Bonchev–Trinajstić information content (AvgIpc) is 2.85. The van der Waals surface area contributed by atoms with Crippen LogP contribution in [0.2, 0.25) is 0 Å². The number of esters is 1. The van der Waals surface area contributed by atoms with E-state index in [1.807, 2.05) is 6.92 Å². The van der Waals surface area contributed by atoms with Gasteiger partial charge in [-0.05, 0) is 18.6 Å². The van der Waals surface area contributed by atoms with Gasteiger partial charge in [-0.3, -0.25) is 4.79 Å². The van der Waals surface area contributed by atoms with Crippen LogP contribution in [0.15, 0.2) is 24.5 Å². The highest BCUT2D eigenvalue weighted by molar-refractivity contribution is 6.11. The van der Waals surface area contributed by atoms with E-state index < -0.39 is 11.8 Å². The molecule has 2 heterocycles. The summed E-state index contributed by atoms with van der Waals surface area (Å²) in [5.41, 5.74) is 6.85. The minimum absolute atomic E-state index is 0.0520. The summed E-state index contributed by atoms with van der Waals surface area (Å²) >= 11 is 0. The standard InChI is InChI=1S/C16H17FN4O2/c1-2-3-7-23-12(22)8-21-11-6-4-5-10(17)13(11)14-15(18)19-9-20-16(14)21/h4-6,9H,2-3,7-8H2,1H3,(H2,18,19,20). The number of nitrogen functional groups attached to an aromatic ring is 1. The number of nitrogens with two attached hydrogens (primary N) is 1. The second-order valence-electron chi connectivity index (χ2n) is 5.25. The maximum atomic E-state index is 14.3. The highest BCUT2D eigenvalue weighted by Crippen LogP contribution is 2.32. The number of unbranched alkanes of at least 4 members (excludes halogenated alkanes) is 1. The lowest BCUT2D eigenvalue weighted by Crippen LogP contribution is -2.14. The molecule has 2 aromatic heterocycles. The molecule has 1 aromatic carbocycles. The van der Waals surface area contributed by atoms with Crippen LogP contribution < -0.4 is 5.73 Å². The number of benzene rings is 1. The Balaban J connectivity index is 2.10. The molecule has 0 saturated carbocycles. The van der Waals surface area contributed by atoms with E-state index in [4.69, 9.17) is 10.5 Å². The molecule has 0 amide bonds. The molecule has 2 N–H and O–H groups in total. The number of rotatable bonds is 5. The monoisotopic (exact) mass is 316 g/mol. The summed E-state index contributed by atoms with van der Waals surface area (Å²) in [6.07, 6.45) is 3.05. The van der Waals surface area contributed by atoms with Gasteiger partial charge < -0.3 is 15.0 Å². The first-order valence-corrected chi connectivity index (χ1v) is 7.46. The molecule has 0 aliphatic rings. The molecule has 0 unspecified atom stereocenters. The van der Waals surface area contributed by atoms with E-state index in [2.05, 4.69) is 9.97 Å². The average molecular weight is 316 g/mol. The molecule has 23 heavy (non-hydrogen) atoms. The summed E-state index contributed by atoms with van der Waals surface area (Å²) < 4.78 is 21.1. The zero-order chi connectivity index (χ0) is 16.4. The van der Waals surface area contributed by atoms with Crippen molar-refractivity contribution in [3.8, 4) is 0 Å². The Labute approximate surface area is 132 Å². The van der Waals surface area contributed by atoms with E-state index >= 15 is 0 Å². The quantitative estimate of drug-likeness (QED) is 0.578. The second-order valence-corrected chi connectivity index (χ2v) is 5.25. The van der Waals surface area contributed by atoms with Crippen molar-refractivity contribution >= 4 is 33.7 Å². The van der Waals surface area contributed by atoms with E-state index in [1.165, 1.54) is 12.4 Å². The number of carbonyl (C=O) groups excluding carboxylic acids is 1. The van der Waals surface area contributed by atoms with Gasteiger partial charge in [0, 0.05) is 5.39 Å². The maximum Gasteiger partial charge on any atom is 0.326 e. The Morgan fingerprint density at radius 1 is 1.35 bits per heavy atom. The van der Waals surface area contributed by atoms with Gasteiger partial charge >= 0.3 is 5.97 Å². The van der Waals surface area contributed by atoms with Crippen molar-refractivity contribution in [2.75, 3.05) is 12.3 Å². The Morgan fingerprint density at radius 3 is 2.96 bits per heavy atom. The van der Waals surface area contributed by atoms with Gasteiger partial charge in [0.2, 0.25) is 0 Å². The van der Waals surface area contributed by atoms with Crippen molar-refractivity contribution in [3.05, 3.63) is 30.3 Å². The lowest BCUT2D eigenvalue weighted by atomic mass is 10.2. The molecule has 120 valence electrons. The lowest BCUT2D eigenvalue weighted by molar-refractivity contribution is -0.144. The summed E-state index contributed by atoms with van der Waals surface area (Å²) in [6, 6.07) is 4.65. The van der Waals surface area contributed by atoms with Gasteiger partial charge in [-0.25, -0.2) is 14.4 Å². The van der Waals surface area contributed by atoms with Crippen LogP contribution in [-0.2, 0) is 16.1 Å². The van der Waals surface area contributed by atoms with Gasteiger partial charge in [-0.2, -0.15) is 0 Å². The minimum Gasteiger partial charge on any atom is -0.464 e. The Morgan fingerprint density at radius 2 is 2.17 bits per heavy atom. The fraction of sp³-hybridized carbons (Fsp3) is 0.312. The summed E-state index contributed by atoms with van der Waals surface area (Å²) in [4.78, 5) is 20.1. The van der Waals surface area contributed by atoms with Crippen molar-refractivity contribution in [2.24, 2.45) is 0 Å². The number of carbonyl (C=O) groups is 1. The topological polar surface area (TPSA) is 83.0 Å². The van der Waals surface area contributed by atoms with Gasteiger partial charge in [0.1, 0.15) is 30.2 Å². The number of ether oxygens (including phenoxy) is 1. The Kier molecular flexibility index (Phi) is 4.10. The van der Waals surface area contributed by atoms with Crippen LogP contribution in [0.25, 0.3) is 21.9 Å². The second kappa shape index (κ2) is 6.20. The van der Waals surface area contributed by atoms with Gasteiger partial charge in [0.15, 0.2) is 0 Å². The molecule has 0 bridgehead atoms. The number of halogens is 1. The molecule has 0 spiro atoms. The number of fused-ring (bicyclic) bond motifs is 3. The van der Waals surface area contributed by atoms with Gasteiger partial charge in [-0.15, -0.1) is 0 Å². The van der Waals surface area contributed by atoms with E-state index in [0.29, 0.717) is 28.5 Å². The van der Waals surface area contributed by atoms with Crippen LogP contribution in [-0.4, -0.2) is 27.1 Å². The molecule has 0 fully saturated rings. The Bertz CT molecular complexity index is 816. The lowest BCUT2D eigenvalue weighted by Gasteiger charge is -2.07. The minimum atomic E-state index is -0.424. The maximum absolute atomic E-state index is 14.3. The number of nitrogens with zero attached hydrogens (tertiary/aromatic N) is 3. The highest BCUT2D eigenvalue weighted by Gasteiger charge is 2.19. The zero-order valence-electron chi connectivity index (χ0n) is 12.8. The highest BCUT2D eigenvalue weighted by atomic mass is 19.1. The molecule has 6 nitrogen and oxygen atoms in total. The fourth-order valence-corrected chi connectivity index (χ4v) is 2.60. The smallest absolute Gasteiger partial charge is 0.326 e. The predicted octanol–water partition coefficient (Wildman–Crippen LogP) is 2.65. The fourth-order valence-electron chi connectivity index (χ4n) is 2.60. The van der Waals surface area contributed by atoms with E-state index in [0.717, 1.165) is 12.8 Å². The SMILES string of the molecule is CCCCOC(=O)Cn1c2cccc(F)c2c2c(N)ncnc21. The molecule has 3 rings (SSSR count). The van der Waals surface area contributed by atoms with Crippen molar-refractivity contribution in [1.82, 2.24) is 14.5 Å². The number of hydrogen-bond donors (Lipinski definition) is 1. The zero-order valence-corrected chi connectivity index (χ0v) is 12.8. The number of hydrogen-bond acceptors (Lipinski definition) is 5. The first-order chi connectivity index (χ1) is 11.1. The van der Waals surface area contributed by atoms with E-state index in [1.54, 1.807) is 16.7 Å². The van der Waals surface area contributed by atoms with Crippen molar-refractivity contribution in [3.63, 3.8) is 0 Å². The van der Waals surface area contributed by atoms with Crippen molar-refractivity contribution < 1.29 is 13.9 Å². The summed E-state index contributed by atoms with van der Waals surface area (Å²) in [7, 11) is 0. The largest absolute Gasteiger partial charge is 0.464 e. The summed E-state index contributed by atoms with van der Waals surface area (Å²) in [6.45, 7) is 2.34. The van der Waals surface area contributed by atoms with Crippen LogP contribution in [0, 0.1) is 5.82 Å². The van der Waals surface area contributed by atoms with Crippen molar-refractivity contribution in [1.29, 1.82) is 0 Å². The molecule has 0 aliphatic carbocycles. The van der Waals surface area contributed by atoms with Crippen LogP contribution >= 0.6 is 0 Å². The third-order valence-corrected chi connectivity index (χ3v) is 3.69. The number of aromatic nitrogens is 3. The molecular weight excluding hydrogens is 299 g/mol. The summed E-state index contributed by atoms with van der Waals surface area (Å²) in [5.74, 6) is -0.631. The predicted molar refractivity (Wildman–Crippen MR) is 85.3 cm³/mol.